The van der Waals surface area contributed by atoms with E-state index in [1.807, 2.05) is 0 Å². The molecule has 0 aromatic carbocycles. The molecule has 8 nitrogen and oxygen atoms in total. The van der Waals surface area contributed by atoms with Crippen LogP contribution in [0, 0.1) is 0 Å². The van der Waals surface area contributed by atoms with Crippen molar-refractivity contribution in [1.82, 2.24) is 0 Å². The molecule has 0 amide bonds. The number of ether oxygens (including phenoxy) is 3. The summed E-state index contributed by atoms with van der Waals surface area (Å²) in [6.07, 6.45) is 48.4. The fourth-order valence-electron chi connectivity index (χ4n) is 6.76. The first-order valence-corrected chi connectivity index (χ1v) is 23.7. The number of carbonyl (C=O) groups is 3. The maximum Gasteiger partial charge on any atom is 0.306 e. The SMILES string of the molecule is CCCCC/C=C/C/C=C/C/C=C/C/C=C/CCCCCCCC(=O)OCC(COCCC(C(=O)[O-])[N+](C)(C)C)OC(=O)CCCCCCCCCCCCCCC. The van der Waals surface area contributed by atoms with E-state index in [0.29, 0.717) is 12.8 Å². The first-order chi connectivity index (χ1) is 28.1. The van der Waals surface area contributed by atoms with Crippen molar-refractivity contribution < 1.29 is 38.2 Å². The topological polar surface area (TPSA) is 102 Å². The highest BCUT2D eigenvalue weighted by Crippen LogP contribution is 2.15. The maximum atomic E-state index is 12.7. The van der Waals surface area contributed by atoms with Crippen molar-refractivity contribution >= 4 is 17.9 Å². The van der Waals surface area contributed by atoms with Crippen LogP contribution in [0.2, 0.25) is 0 Å². The molecule has 8 heteroatoms. The number of hydrogen-bond acceptors (Lipinski definition) is 7. The van der Waals surface area contributed by atoms with Crippen LogP contribution >= 0.6 is 0 Å². The molecule has 0 aliphatic rings. The van der Waals surface area contributed by atoms with Crippen LogP contribution in [0.1, 0.15) is 200 Å². The van der Waals surface area contributed by atoms with Gasteiger partial charge in [0.25, 0.3) is 0 Å². The summed E-state index contributed by atoms with van der Waals surface area (Å²) >= 11 is 0. The van der Waals surface area contributed by atoms with Crippen LogP contribution in [-0.4, -0.2) is 75.5 Å². The summed E-state index contributed by atoms with van der Waals surface area (Å²) in [5.74, 6) is -1.75. The fraction of sp³-hybridized carbons (Fsp3) is 0.780. The third kappa shape index (κ3) is 38.8. The number of nitrogens with zero attached hydrogens (tertiary/aromatic N) is 1. The summed E-state index contributed by atoms with van der Waals surface area (Å²) in [6.45, 7) is 4.62. The van der Waals surface area contributed by atoms with Gasteiger partial charge in [0, 0.05) is 19.3 Å². The predicted molar refractivity (Wildman–Crippen MR) is 240 cm³/mol. The predicted octanol–water partition coefficient (Wildman–Crippen LogP) is 11.9. The first kappa shape index (κ1) is 55.3. The van der Waals surface area contributed by atoms with Gasteiger partial charge in [-0.25, -0.2) is 0 Å². The lowest BCUT2D eigenvalue weighted by Crippen LogP contribution is -2.55. The van der Waals surface area contributed by atoms with Crippen molar-refractivity contribution in [3.63, 3.8) is 0 Å². The monoisotopic (exact) mass is 816 g/mol. The van der Waals surface area contributed by atoms with E-state index in [9.17, 15) is 19.5 Å². The molecule has 2 atom stereocenters. The lowest BCUT2D eigenvalue weighted by Gasteiger charge is -2.34. The molecule has 0 aliphatic carbocycles. The number of carboxylic acids is 1. The van der Waals surface area contributed by atoms with Gasteiger partial charge in [-0.1, -0.05) is 172 Å². The van der Waals surface area contributed by atoms with Crippen molar-refractivity contribution in [3.05, 3.63) is 48.6 Å². The molecule has 0 aromatic rings. The van der Waals surface area contributed by atoms with Gasteiger partial charge < -0.3 is 28.6 Å². The number of rotatable bonds is 42. The van der Waals surface area contributed by atoms with Crippen LogP contribution in [0.4, 0.5) is 0 Å². The average Bonchev–Trinajstić information content (AvgIpc) is 3.18. The van der Waals surface area contributed by atoms with Gasteiger partial charge in [-0.05, 0) is 57.8 Å². The number of likely N-dealkylation sites (N-methyl/N-ethyl adjacent to an activating group) is 1. The molecule has 0 saturated carbocycles. The average molecular weight is 816 g/mol. The van der Waals surface area contributed by atoms with E-state index in [4.69, 9.17) is 14.2 Å². The minimum atomic E-state index is -1.13. The summed E-state index contributed by atoms with van der Waals surface area (Å²) in [7, 11) is 5.40. The Morgan fingerprint density at radius 1 is 0.517 bits per heavy atom. The van der Waals surface area contributed by atoms with Gasteiger partial charge in [0.1, 0.15) is 12.6 Å². The van der Waals surface area contributed by atoms with Crippen LogP contribution < -0.4 is 5.11 Å². The molecule has 0 fully saturated rings. The Kier molecular flexibility index (Phi) is 39.1. The van der Waals surface area contributed by atoms with Gasteiger partial charge in [0.15, 0.2) is 6.10 Å². The number of unbranched alkanes of at least 4 members (excludes halogenated alkanes) is 20. The summed E-state index contributed by atoms with van der Waals surface area (Å²) in [6, 6.07) is -0.728. The number of hydrogen-bond donors (Lipinski definition) is 0. The van der Waals surface area contributed by atoms with Crippen molar-refractivity contribution in [3.8, 4) is 0 Å². The van der Waals surface area contributed by atoms with Crippen molar-refractivity contribution in [2.75, 3.05) is 41.0 Å². The zero-order chi connectivity index (χ0) is 42.8. The van der Waals surface area contributed by atoms with E-state index < -0.39 is 18.1 Å². The molecule has 0 radical (unpaired) electrons. The third-order valence-electron chi connectivity index (χ3n) is 10.5. The van der Waals surface area contributed by atoms with Crippen LogP contribution in [-0.2, 0) is 28.6 Å². The summed E-state index contributed by atoms with van der Waals surface area (Å²) in [5, 5.41) is 11.6. The van der Waals surface area contributed by atoms with Crippen LogP contribution in [0.5, 0.6) is 0 Å². The van der Waals surface area contributed by atoms with Gasteiger partial charge in [0.05, 0.1) is 40.3 Å². The highest BCUT2D eigenvalue weighted by Gasteiger charge is 2.25. The maximum absolute atomic E-state index is 12.7. The Hall–Kier alpha value is -2.71. The standard InChI is InChI=1S/C50H89NO7/c1-6-8-10-12-14-16-18-20-21-22-23-24-25-26-27-29-30-32-34-36-38-40-48(52)57-45-46(44-56-43-42-47(50(54)55)51(3,4)5)58-49(53)41-39-37-35-33-31-28-19-17-15-13-11-9-7-2/h14,16,20-21,23-24,26-27,46-47H,6-13,15,17-19,22,25,28-45H2,1-5H3/b16-14+,21-20+,24-23+,27-26+. The highest BCUT2D eigenvalue weighted by atomic mass is 16.6. The Morgan fingerprint density at radius 3 is 1.38 bits per heavy atom. The zero-order valence-electron chi connectivity index (χ0n) is 38.2. The van der Waals surface area contributed by atoms with E-state index in [1.165, 1.54) is 89.9 Å². The van der Waals surface area contributed by atoms with Crippen LogP contribution in [0.15, 0.2) is 48.6 Å². The minimum absolute atomic E-state index is 0.0357. The fourth-order valence-corrected chi connectivity index (χ4v) is 6.76. The van der Waals surface area contributed by atoms with E-state index in [-0.39, 0.29) is 42.7 Å². The van der Waals surface area contributed by atoms with Crippen LogP contribution in [0.3, 0.4) is 0 Å². The Labute approximate surface area is 356 Å². The summed E-state index contributed by atoms with van der Waals surface area (Å²) < 4.78 is 17.2. The highest BCUT2D eigenvalue weighted by molar-refractivity contribution is 5.70. The van der Waals surface area contributed by atoms with Gasteiger partial charge in [-0.15, -0.1) is 0 Å². The minimum Gasteiger partial charge on any atom is -0.544 e. The second-order valence-electron chi connectivity index (χ2n) is 17.0. The molecule has 0 aromatic heterocycles. The number of carboxylic acid groups (broad SMARTS) is 1. The summed E-state index contributed by atoms with van der Waals surface area (Å²) in [4.78, 5) is 36.9. The van der Waals surface area contributed by atoms with Crippen molar-refractivity contribution in [2.24, 2.45) is 0 Å². The second-order valence-corrected chi connectivity index (χ2v) is 17.0. The summed E-state index contributed by atoms with van der Waals surface area (Å²) in [5.41, 5.74) is 0. The molecule has 0 aliphatic heterocycles. The Balaban J connectivity index is 4.31. The molecule has 0 bridgehead atoms. The van der Waals surface area contributed by atoms with Crippen molar-refractivity contribution in [1.29, 1.82) is 0 Å². The molecule has 0 rings (SSSR count). The van der Waals surface area contributed by atoms with Crippen LogP contribution in [0.25, 0.3) is 0 Å². The Morgan fingerprint density at radius 2 is 0.914 bits per heavy atom. The van der Waals surface area contributed by atoms with E-state index >= 15 is 0 Å². The molecule has 0 spiro atoms. The molecule has 0 N–H and O–H groups in total. The van der Waals surface area contributed by atoms with E-state index in [2.05, 4.69) is 62.5 Å². The van der Waals surface area contributed by atoms with E-state index in [1.54, 1.807) is 21.1 Å². The molecule has 2 unspecified atom stereocenters. The number of allylic oxidation sites excluding steroid dienone is 8. The first-order valence-electron chi connectivity index (χ1n) is 23.7. The third-order valence-corrected chi connectivity index (χ3v) is 10.5. The molecular formula is C50H89NO7. The normalized spacial score (nSPS) is 13.3. The zero-order valence-corrected chi connectivity index (χ0v) is 38.2. The van der Waals surface area contributed by atoms with Gasteiger partial charge >= 0.3 is 11.9 Å². The van der Waals surface area contributed by atoms with Crippen molar-refractivity contribution in [2.45, 2.75) is 212 Å². The number of quaternary nitrogens is 1. The van der Waals surface area contributed by atoms with Gasteiger partial charge in [0.2, 0.25) is 0 Å². The lowest BCUT2D eigenvalue weighted by atomic mass is 10.0. The number of carbonyl (C=O) groups excluding carboxylic acids is 3. The Bertz CT molecular complexity index is 1090. The molecule has 58 heavy (non-hydrogen) atoms. The smallest absolute Gasteiger partial charge is 0.306 e. The van der Waals surface area contributed by atoms with Gasteiger partial charge in [-0.2, -0.15) is 0 Å². The lowest BCUT2D eigenvalue weighted by molar-refractivity contribution is -0.889. The molecule has 0 saturated heterocycles. The molecular weight excluding hydrogens is 727 g/mol. The second kappa shape index (κ2) is 41.0. The molecule has 0 heterocycles. The van der Waals surface area contributed by atoms with E-state index in [0.717, 1.165) is 77.0 Å². The number of aliphatic carboxylic acids is 1. The van der Waals surface area contributed by atoms with Gasteiger partial charge in [-0.3, -0.25) is 9.59 Å². The quantitative estimate of drug-likeness (QED) is 0.0262. The molecule has 336 valence electrons. The largest absolute Gasteiger partial charge is 0.544 e. The number of esters is 2.